The van der Waals surface area contributed by atoms with Crippen LogP contribution in [0, 0.1) is 11.6 Å². The molecule has 6 aromatic rings. The maximum atomic E-state index is 14.6. The van der Waals surface area contributed by atoms with Crippen LogP contribution in [0.4, 0.5) is 40.6 Å². The van der Waals surface area contributed by atoms with E-state index in [0.29, 0.717) is 80.5 Å². The number of ether oxygens (including phenoxy) is 2. The van der Waals surface area contributed by atoms with Crippen LogP contribution in [0.5, 0.6) is 11.5 Å². The van der Waals surface area contributed by atoms with Crippen LogP contribution in [-0.2, 0) is 22.4 Å². The third-order valence-electron chi connectivity index (χ3n) is 11.6. The Bertz CT molecular complexity index is 2650. The monoisotopic (exact) mass is 972 g/mol. The maximum absolute atomic E-state index is 14.6. The van der Waals surface area contributed by atoms with Crippen molar-refractivity contribution in [1.29, 1.82) is 0 Å². The average Bonchev–Trinajstić information content (AvgIpc) is 3.35. The lowest BCUT2D eigenvalue weighted by atomic mass is 10.0. The molecular formula is C50H50Cl2F4N8O4. The van der Waals surface area contributed by atoms with E-state index in [0.717, 1.165) is 51.9 Å². The highest BCUT2D eigenvalue weighted by Gasteiger charge is 2.20. The number of allylic oxidation sites excluding steroid dienone is 2. The number of aromatic nitrogens is 4. The lowest BCUT2D eigenvalue weighted by molar-refractivity contribution is -0.117. The van der Waals surface area contributed by atoms with E-state index in [2.05, 4.69) is 40.4 Å². The molecule has 0 spiro atoms. The Morgan fingerprint density at radius 3 is 1.37 bits per heavy atom. The molecule has 2 aliphatic heterocycles. The quantitative estimate of drug-likeness (QED) is 0.0706. The molecule has 356 valence electrons. The van der Waals surface area contributed by atoms with Gasteiger partial charge in [-0.25, -0.2) is 37.5 Å². The number of fused-ring (bicyclic) bond motifs is 2. The molecule has 18 heteroatoms. The number of benzene rings is 4. The van der Waals surface area contributed by atoms with Crippen molar-refractivity contribution in [2.24, 2.45) is 0 Å². The van der Waals surface area contributed by atoms with Gasteiger partial charge in [-0.2, -0.15) is 0 Å². The van der Waals surface area contributed by atoms with E-state index in [9.17, 15) is 27.2 Å². The number of halogens is 6. The second-order valence-electron chi connectivity index (χ2n) is 16.3. The van der Waals surface area contributed by atoms with E-state index in [-0.39, 0.29) is 22.9 Å². The Morgan fingerprint density at radius 1 is 0.603 bits per heavy atom. The zero-order valence-corrected chi connectivity index (χ0v) is 39.1. The summed E-state index contributed by atoms with van der Waals surface area (Å²) in [5, 5.41) is 7.34. The number of nitrogens with zero attached hydrogens (tertiary/aromatic N) is 6. The van der Waals surface area contributed by atoms with Gasteiger partial charge in [0.25, 0.3) is 0 Å². The van der Waals surface area contributed by atoms with Crippen molar-refractivity contribution >= 4 is 79.6 Å². The van der Waals surface area contributed by atoms with Crippen LogP contribution in [0.2, 0.25) is 10.0 Å². The highest BCUT2D eigenvalue weighted by atomic mass is 35.5. The van der Waals surface area contributed by atoms with Crippen LogP contribution in [0.25, 0.3) is 21.8 Å². The minimum atomic E-state index is -0.753. The van der Waals surface area contributed by atoms with E-state index < -0.39 is 34.9 Å². The molecule has 0 atom stereocenters. The van der Waals surface area contributed by atoms with Gasteiger partial charge < -0.3 is 20.1 Å². The number of hydrogen-bond acceptors (Lipinski definition) is 12. The fourth-order valence-electron chi connectivity index (χ4n) is 7.98. The Balaban J connectivity index is 0.000000201. The van der Waals surface area contributed by atoms with Gasteiger partial charge in [0.15, 0.2) is 23.2 Å². The third kappa shape index (κ3) is 13.1. The molecule has 4 aromatic carbocycles. The first-order valence-electron chi connectivity index (χ1n) is 22.2. The smallest absolute Gasteiger partial charge is 0.195 e. The lowest BCUT2D eigenvalue weighted by Gasteiger charge is -2.24. The summed E-state index contributed by atoms with van der Waals surface area (Å²) in [4.78, 5) is 46.6. The fraction of sp³-hybridized carbons (Fsp3) is 0.320. The second-order valence-corrected chi connectivity index (χ2v) is 17.2. The van der Waals surface area contributed by atoms with Gasteiger partial charge in [0.1, 0.15) is 47.4 Å². The van der Waals surface area contributed by atoms with Crippen LogP contribution in [0.1, 0.15) is 49.7 Å². The van der Waals surface area contributed by atoms with E-state index in [1.54, 1.807) is 24.3 Å². The van der Waals surface area contributed by atoms with Crippen molar-refractivity contribution in [3.05, 3.63) is 130 Å². The Kier molecular flexibility index (Phi) is 17.3. The van der Waals surface area contributed by atoms with Gasteiger partial charge in [-0.05, 0) is 113 Å². The summed E-state index contributed by atoms with van der Waals surface area (Å²) in [5.41, 5.74) is 3.23. The summed E-state index contributed by atoms with van der Waals surface area (Å²) in [6.45, 7) is 4.54. The van der Waals surface area contributed by atoms with Gasteiger partial charge in [0, 0.05) is 71.3 Å². The molecule has 0 radical (unpaired) electrons. The normalized spacial score (nSPS) is 14.9. The number of likely N-dealkylation sites (tertiary alicyclic amines) is 2. The van der Waals surface area contributed by atoms with Gasteiger partial charge in [-0.3, -0.25) is 19.4 Å². The predicted octanol–water partition coefficient (Wildman–Crippen LogP) is 11.3. The molecular weight excluding hydrogens is 923 g/mol. The Morgan fingerprint density at radius 2 is 1.00 bits per heavy atom. The largest absolute Gasteiger partial charge is 0.496 e. The molecule has 2 aromatic heterocycles. The Labute approximate surface area is 401 Å². The first-order valence-corrected chi connectivity index (χ1v) is 22.9. The first-order chi connectivity index (χ1) is 32.9. The molecule has 68 heavy (non-hydrogen) atoms. The number of methoxy groups -OCH3 is 2. The number of nitrogens with one attached hydrogen (secondary N) is 2. The van der Waals surface area contributed by atoms with Gasteiger partial charge in [-0.15, -0.1) is 0 Å². The molecule has 2 aliphatic rings. The predicted molar refractivity (Wildman–Crippen MR) is 258 cm³/mol. The van der Waals surface area contributed by atoms with Crippen molar-refractivity contribution in [3.8, 4) is 11.5 Å². The molecule has 2 saturated heterocycles. The molecule has 2 N–H and O–H groups in total. The molecule has 0 unspecified atom stereocenters. The number of hydrogen-bond donors (Lipinski definition) is 2. The highest BCUT2D eigenvalue weighted by Crippen LogP contribution is 2.33. The molecule has 0 aliphatic carbocycles. The summed E-state index contributed by atoms with van der Waals surface area (Å²) in [5.74, 6) is -2.07. The van der Waals surface area contributed by atoms with Crippen LogP contribution >= 0.6 is 23.2 Å². The number of carbonyl (C=O) groups is 2. The lowest BCUT2D eigenvalue weighted by Crippen LogP contribution is -2.30. The van der Waals surface area contributed by atoms with E-state index in [1.807, 2.05) is 0 Å². The summed E-state index contributed by atoms with van der Waals surface area (Å²) in [6.07, 6.45) is 11.9. The summed E-state index contributed by atoms with van der Waals surface area (Å²) in [6, 6.07) is 15.2. The maximum Gasteiger partial charge on any atom is 0.195 e. The number of Topliss-reactive ketones (excluding diaryl/α,β-unsaturated/α-hetero) is 2. The van der Waals surface area contributed by atoms with Crippen molar-refractivity contribution in [1.82, 2.24) is 29.7 Å². The summed E-state index contributed by atoms with van der Waals surface area (Å²) < 4.78 is 67.1. The zero-order valence-electron chi connectivity index (χ0n) is 37.6. The standard InChI is InChI=1S/2C25H25ClF2N4O2/c2*1-34-24-14-22-18(25(30-15-29-22)31-17-5-6-20(27)19(26)13-17)11-16(24)12-23(33)21(28)7-10-32-8-3-2-4-9-32/h2*5-7,11,13-15H,2-4,8-10,12H2,1H3,(H,29,30,31)/b21-7+;21-7-. The molecule has 0 saturated carbocycles. The summed E-state index contributed by atoms with van der Waals surface area (Å²) >= 11 is 11.8. The van der Waals surface area contributed by atoms with E-state index in [4.69, 9.17) is 32.7 Å². The third-order valence-corrected chi connectivity index (χ3v) is 12.2. The highest BCUT2D eigenvalue weighted by molar-refractivity contribution is 6.31. The molecule has 12 nitrogen and oxygen atoms in total. The van der Waals surface area contributed by atoms with Crippen LogP contribution < -0.4 is 20.1 Å². The minimum Gasteiger partial charge on any atom is -0.496 e. The molecule has 0 bridgehead atoms. The second kappa shape index (κ2) is 23.7. The van der Waals surface area contributed by atoms with Crippen molar-refractivity contribution in [2.45, 2.75) is 51.4 Å². The minimum absolute atomic E-state index is 0.0249. The number of piperidine rings is 2. The van der Waals surface area contributed by atoms with Crippen molar-refractivity contribution < 1.29 is 36.6 Å². The number of carbonyl (C=O) groups excluding carboxylic acids is 2. The van der Waals surface area contributed by atoms with Crippen LogP contribution in [0.15, 0.2) is 97.1 Å². The van der Waals surface area contributed by atoms with Crippen molar-refractivity contribution in [2.75, 3.05) is 64.1 Å². The topological polar surface area (TPSA) is 135 Å². The van der Waals surface area contributed by atoms with Crippen LogP contribution in [-0.4, -0.2) is 94.8 Å². The van der Waals surface area contributed by atoms with Gasteiger partial charge in [0.05, 0.1) is 35.3 Å². The summed E-state index contributed by atoms with van der Waals surface area (Å²) in [7, 11) is 2.97. The Hall–Kier alpha value is -6.20. The first kappa shape index (κ1) is 49.7. The van der Waals surface area contributed by atoms with E-state index >= 15 is 0 Å². The van der Waals surface area contributed by atoms with Gasteiger partial charge >= 0.3 is 0 Å². The zero-order chi connectivity index (χ0) is 48.2. The molecule has 0 amide bonds. The fourth-order valence-corrected chi connectivity index (χ4v) is 8.34. The number of ketones is 2. The molecule has 2 fully saturated rings. The molecule has 8 rings (SSSR count). The van der Waals surface area contributed by atoms with Crippen molar-refractivity contribution in [3.63, 3.8) is 0 Å². The van der Waals surface area contributed by atoms with Crippen LogP contribution in [0.3, 0.4) is 0 Å². The average molecular weight is 974 g/mol. The van der Waals surface area contributed by atoms with Gasteiger partial charge in [0.2, 0.25) is 0 Å². The number of anilines is 4. The number of rotatable bonds is 16. The van der Waals surface area contributed by atoms with Gasteiger partial charge in [-0.1, -0.05) is 36.0 Å². The molecule has 4 heterocycles. The SMILES string of the molecule is COc1cc2ncnc(Nc3ccc(F)c(Cl)c3)c2cc1CC(=O)/C(F)=C/CN1CCCCC1.COc1cc2ncnc(Nc3ccc(F)c(Cl)c3)c2cc1CC(=O)/C(F)=C\CN1CCCCC1. The van der Waals surface area contributed by atoms with E-state index in [1.165, 1.54) is 88.3 Å².